The third kappa shape index (κ3) is 3.05. The number of para-hydroxylation sites is 1. The van der Waals surface area contributed by atoms with E-state index in [9.17, 15) is 22.4 Å². The molecule has 0 bridgehead atoms. The molecular weight excluding hydrogens is 350 g/mol. The number of halogens is 4. The molecule has 0 aliphatic carbocycles. The van der Waals surface area contributed by atoms with Crippen LogP contribution in [0.15, 0.2) is 36.4 Å². The van der Waals surface area contributed by atoms with E-state index in [2.05, 4.69) is 10.4 Å². The molecule has 4 nitrogen and oxygen atoms in total. The van der Waals surface area contributed by atoms with Crippen LogP contribution in [0.4, 0.5) is 23.2 Å². The smallest absolute Gasteiger partial charge is 0.262 e. The van der Waals surface area contributed by atoms with Crippen LogP contribution in [0.5, 0.6) is 0 Å². The number of nitrogens with zero attached hydrogens (tertiary/aromatic N) is 2. The summed E-state index contributed by atoms with van der Waals surface area (Å²) in [6.07, 6.45) is 0. The van der Waals surface area contributed by atoms with Gasteiger partial charge in [0.2, 0.25) is 5.95 Å². The van der Waals surface area contributed by atoms with Gasteiger partial charge < -0.3 is 5.32 Å². The van der Waals surface area contributed by atoms with E-state index in [1.807, 2.05) is 0 Å². The summed E-state index contributed by atoms with van der Waals surface area (Å²) in [6.45, 7) is 1.47. The van der Waals surface area contributed by atoms with Gasteiger partial charge in [0.05, 0.1) is 5.69 Å². The van der Waals surface area contributed by atoms with Crippen LogP contribution in [0, 0.1) is 30.3 Å². The second kappa shape index (κ2) is 6.62. The highest BCUT2D eigenvalue weighted by atomic mass is 19.2. The zero-order valence-corrected chi connectivity index (χ0v) is 13.8. The van der Waals surface area contributed by atoms with Crippen molar-refractivity contribution in [1.29, 1.82) is 0 Å². The number of carbonyl (C=O) groups is 1. The maximum Gasteiger partial charge on any atom is 0.262 e. The Labute approximate surface area is 146 Å². The van der Waals surface area contributed by atoms with Crippen molar-refractivity contribution in [2.75, 3.05) is 5.32 Å². The van der Waals surface area contributed by atoms with Gasteiger partial charge in [-0.25, -0.2) is 17.9 Å². The fourth-order valence-electron chi connectivity index (χ4n) is 2.63. The molecule has 26 heavy (non-hydrogen) atoms. The van der Waals surface area contributed by atoms with Crippen LogP contribution in [-0.2, 0) is 7.05 Å². The molecule has 0 saturated heterocycles. The highest BCUT2D eigenvalue weighted by Gasteiger charge is 2.22. The molecule has 2 aromatic carbocycles. The van der Waals surface area contributed by atoms with E-state index in [0.29, 0.717) is 12.1 Å². The van der Waals surface area contributed by atoms with Crippen LogP contribution in [0.1, 0.15) is 16.1 Å². The van der Waals surface area contributed by atoms with E-state index >= 15 is 0 Å². The molecule has 0 aliphatic rings. The lowest BCUT2D eigenvalue weighted by Gasteiger charge is -2.12. The Balaban J connectivity index is 2.03. The average molecular weight is 363 g/mol. The number of anilines is 1. The maximum absolute atomic E-state index is 14.1. The van der Waals surface area contributed by atoms with Gasteiger partial charge in [0, 0.05) is 29.9 Å². The number of benzene rings is 2. The van der Waals surface area contributed by atoms with Gasteiger partial charge in [-0.15, -0.1) is 0 Å². The number of aryl methyl sites for hydroxylation is 2. The topological polar surface area (TPSA) is 46.9 Å². The van der Waals surface area contributed by atoms with Crippen LogP contribution in [0.3, 0.4) is 0 Å². The molecule has 0 aliphatic heterocycles. The Hall–Kier alpha value is -3.16. The molecule has 134 valence electrons. The Morgan fingerprint density at radius 3 is 2.31 bits per heavy atom. The summed E-state index contributed by atoms with van der Waals surface area (Å²) < 4.78 is 55.8. The molecule has 1 heterocycles. The number of aromatic nitrogens is 2. The van der Waals surface area contributed by atoms with Gasteiger partial charge in [0.25, 0.3) is 5.91 Å². The monoisotopic (exact) mass is 363 g/mol. The van der Waals surface area contributed by atoms with Gasteiger partial charge in [-0.3, -0.25) is 4.79 Å². The van der Waals surface area contributed by atoms with Gasteiger partial charge in [-0.1, -0.05) is 18.2 Å². The van der Waals surface area contributed by atoms with Crippen molar-refractivity contribution in [2.45, 2.75) is 6.92 Å². The number of hydrogen-bond acceptors (Lipinski definition) is 2. The van der Waals surface area contributed by atoms with Gasteiger partial charge in [0.1, 0.15) is 11.4 Å². The third-order valence-electron chi connectivity index (χ3n) is 3.85. The molecular formula is C18H13F4N3O. The number of rotatable bonds is 3. The lowest BCUT2D eigenvalue weighted by atomic mass is 10.0. The van der Waals surface area contributed by atoms with Gasteiger partial charge >= 0.3 is 0 Å². The van der Waals surface area contributed by atoms with Crippen LogP contribution >= 0.6 is 0 Å². The minimum atomic E-state index is -1.32. The molecule has 0 fully saturated rings. The van der Waals surface area contributed by atoms with E-state index < -0.39 is 29.3 Å². The van der Waals surface area contributed by atoms with Gasteiger partial charge in [-0.05, 0) is 19.1 Å². The second-order valence-electron chi connectivity index (χ2n) is 5.62. The zero-order valence-electron chi connectivity index (χ0n) is 13.8. The third-order valence-corrected chi connectivity index (χ3v) is 3.85. The predicted molar refractivity (Wildman–Crippen MR) is 87.6 cm³/mol. The summed E-state index contributed by atoms with van der Waals surface area (Å²) in [6, 6.07) is 7.10. The van der Waals surface area contributed by atoms with E-state index in [4.69, 9.17) is 0 Å². The van der Waals surface area contributed by atoms with Crippen molar-refractivity contribution < 1.29 is 22.4 Å². The Morgan fingerprint density at radius 2 is 1.65 bits per heavy atom. The number of amides is 1. The largest absolute Gasteiger partial charge is 0.321 e. The number of nitrogens with one attached hydrogen (secondary N) is 1. The Bertz CT molecular complexity index is 1010. The first-order valence-electron chi connectivity index (χ1n) is 7.54. The summed E-state index contributed by atoms with van der Waals surface area (Å²) >= 11 is 0. The summed E-state index contributed by atoms with van der Waals surface area (Å²) in [7, 11) is 1.35. The van der Waals surface area contributed by atoms with Crippen molar-refractivity contribution in [3.63, 3.8) is 0 Å². The zero-order chi connectivity index (χ0) is 19.0. The van der Waals surface area contributed by atoms with E-state index in [1.54, 1.807) is 12.1 Å². The van der Waals surface area contributed by atoms with Gasteiger partial charge in [-0.2, -0.15) is 9.49 Å². The fourth-order valence-corrected chi connectivity index (χ4v) is 2.63. The lowest BCUT2D eigenvalue weighted by Crippen LogP contribution is -2.15. The molecule has 1 N–H and O–H groups in total. The summed E-state index contributed by atoms with van der Waals surface area (Å²) in [5, 5.41) is 6.29. The first-order chi connectivity index (χ1) is 12.3. The predicted octanol–water partition coefficient (Wildman–Crippen LogP) is 4.20. The molecule has 0 atom stereocenters. The molecule has 0 saturated carbocycles. The normalized spacial score (nSPS) is 10.8. The Morgan fingerprint density at radius 1 is 1.00 bits per heavy atom. The molecule has 0 unspecified atom stereocenters. The highest BCUT2D eigenvalue weighted by molar-refractivity contribution is 6.07. The number of carbonyl (C=O) groups excluding carboxylic acids is 1. The second-order valence-corrected chi connectivity index (χ2v) is 5.62. The molecule has 0 spiro atoms. The van der Waals surface area contributed by atoms with Crippen LogP contribution in [0.2, 0.25) is 0 Å². The fraction of sp³-hybridized carbons (Fsp3) is 0.111. The molecule has 3 rings (SSSR count). The van der Waals surface area contributed by atoms with Gasteiger partial charge in [0.15, 0.2) is 11.6 Å². The summed E-state index contributed by atoms with van der Waals surface area (Å²) in [5.74, 6) is -5.15. The quantitative estimate of drug-likeness (QED) is 0.560. The standard InChI is InChI=1S/C18H13F4N3O/c1-9-16(17(22)25(2)24-9)18(26)23-15-6-4-3-5-10(15)11-7-13(20)14(21)8-12(11)19/h3-8H,1-2H3,(H,23,26). The molecule has 3 aromatic rings. The molecule has 1 aromatic heterocycles. The van der Waals surface area contributed by atoms with Crippen LogP contribution < -0.4 is 5.32 Å². The highest BCUT2D eigenvalue weighted by Crippen LogP contribution is 2.32. The number of hydrogen-bond donors (Lipinski definition) is 1. The molecule has 8 heteroatoms. The Kier molecular flexibility index (Phi) is 4.50. The van der Waals surface area contributed by atoms with Crippen molar-refractivity contribution in [2.24, 2.45) is 7.05 Å². The van der Waals surface area contributed by atoms with E-state index in [-0.39, 0.29) is 28.1 Å². The van der Waals surface area contributed by atoms with E-state index in [0.717, 1.165) is 4.68 Å². The summed E-state index contributed by atoms with van der Waals surface area (Å²) in [4.78, 5) is 12.4. The van der Waals surface area contributed by atoms with Crippen LogP contribution in [0.25, 0.3) is 11.1 Å². The average Bonchev–Trinajstić information content (AvgIpc) is 2.84. The maximum atomic E-state index is 14.1. The van der Waals surface area contributed by atoms with Crippen LogP contribution in [-0.4, -0.2) is 15.7 Å². The molecule has 0 radical (unpaired) electrons. The minimum absolute atomic E-state index is 0.116. The van der Waals surface area contributed by atoms with Crippen molar-refractivity contribution >= 4 is 11.6 Å². The first-order valence-corrected chi connectivity index (χ1v) is 7.54. The lowest BCUT2D eigenvalue weighted by molar-refractivity contribution is 0.102. The SMILES string of the molecule is Cc1nn(C)c(F)c1C(=O)Nc1ccccc1-c1cc(F)c(F)cc1F. The van der Waals surface area contributed by atoms with Crippen molar-refractivity contribution in [1.82, 2.24) is 9.78 Å². The van der Waals surface area contributed by atoms with E-state index in [1.165, 1.54) is 26.1 Å². The van der Waals surface area contributed by atoms with Crippen molar-refractivity contribution in [3.8, 4) is 11.1 Å². The van der Waals surface area contributed by atoms with Crippen molar-refractivity contribution in [3.05, 3.63) is 71.1 Å². The summed E-state index contributed by atoms with van der Waals surface area (Å²) in [5.41, 5.74) is -0.0699. The first kappa shape index (κ1) is 17.7. The molecule has 1 amide bonds. The minimum Gasteiger partial charge on any atom is -0.321 e.